The molecule has 1 aliphatic carbocycles. The minimum Gasteiger partial charge on any atom is -0.507 e. The molecule has 0 heterocycles. The van der Waals surface area contributed by atoms with E-state index in [1.54, 1.807) is 24.3 Å². The molecule has 0 atom stereocenters. The third kappa shape index (κ3) is 7.04. The van der Waals surface area contributed by atoms with Gasteiger partial charge in [0.05, 0.1) is 0 Å². The molecule has 10 aromatic rings. The van der Waals surface area contributed by atoms with Crippen LogP contribution in [0.25, 0.3) is 76.5 Å². The fourth-order valence-corrected chi connectivity index (χ4v) is 9.52. The van der Waals surface area contributed by atoms with E-state index in [1.807, 2.05) is 121 Å². The molecule has 0 saturated heterocycles. The van der Waals surface area contributed by atoms with Crippen molar-refractivity contribution in [1.29, 1.82) is 0 Å². The van der Waals surface area contributed by atoms with E-state index in [9.17, 15) is 20.4 Å². The van der Waals surface area contributed by atoms with Gasteiger partial charge >= 0.3 is 0 Å². The fourth-order valence-electron chi connectivity index (χ4n) is 9.52. The molecule has 11 rings (SSSR count). The van der Waals surface area contributed by atoms with Crippen molar-refractivity contribution < 1.29 is 20.4 Å². The lowest BCUT2D eigenvalue weighted by Crippen LogP contribution is -2.22. The first-order valence-corrected chi connectivity index (χ1v) is 20.9. The molecule has 0 saturated carbocycles. The Morgan fingerprint density at radius 2 is 0.548 bits per heavy atom. The summed E-state index contributed by atoms with van der Waals surface area (Å²) in [6, 6.07) is 63.5. The summed E-state index contributed by atoms with van der Waals surface area (Å²) in [5, 5.41) is 49.6. The second-order valence-electron chi connectivity index (χ2n) is 15.6. The van der Waals surface area contributed by atoms with Crippen LogP contribution >= 0.6 is 0 Å². The van der Waals surface area contributed by atoms with Crippen LogP contribution < -0.4 is 0 Å². The van der Waals surface area contributed by atoms with Crippen LogP contribution in [0, 0.1) is 0 Å². The SMILES string of the molecule is C.CCC1(CC)c2ccccc2-c2ccccc21.Oc1ccc2ccccc2c1-c1c(O)ccc2ccccc12.Oc1ccc2ccccc2c1-c1c(O)ccc2ccccc12. The third-order valence-electron chi connectivity index (χ3n) is 12.5. The molecule has 62 heavy (non-hydrogen) atoms. The van der Waals surface area contributed by atoms with Crippen molar-refractivity contribution >= 4 is 43.1 Å². The van der Waals surface area contributed by atoms with Crippen molar-refractivity contribution in [2.24, 2.45) is 0 Å². The lowest BCUT2D eigenvalue weighted by Gasteiger charge is -2.29. The fraction of sp³-hybridized carbons (Fsp3) is 0.103. The summed E-state index contributed by atoms with van der Waals surface area (Å²) in [7, 11) is 0. The second kappa shape index (κ2) is 17.2. The lowest BCUT2D eigenvalue weighted by atomic mass is 9.74. The molecule has 4 nitrogen and oxygen atoms in total. The van der Waals surface area contributed by atoms with Gasteiger partial charge in [0.15, 0.2) is 0 Å². The van der Waals surface area contributed by atoms with Crippen molar-refractivity contribution in [3.8, 4) is 56.4 Å². The molecule has 0 aliphatic heterocycles. The van der Waals surface area contributed by atoms with Gasteiger partial charge < -0.3 is 20.4 Å². The van der Waals surface area contributed by atoms with E-state index < -0.39 is 0 Å². The highest BCUT2D eigenvalue weighted by molar-refractivity contribution is 6.11. The number of phenolic OH excluding ortho intramolecular Hbond substituents is 4. The van der Waals surface area contributed by atoms with E-state index in [2.05, 4.69) is 62.4 Å². The number of benzene rings is 10. The highest BCUT2D eigenvalue weighted by Crippen LogP contribution is 2.52. The molecule has 4 N–H and O–H groups in total. The van der Waals surface area contributed by atoms with Gasteiger partial charge in [-0.15, -0.1) is 0 Å². The van der Waals surface area contributed by atoms with Gasteiger partial charge in [-0.05, 0) is 102 Å². The van der Waals surface area contributed by atoms with Gasteiger partial charge in [-0.25, -0.2) is 0 Å². The number of hydrogen-bond acceptors (Lipinski definition) is 4. The maximum absolute atomic E-state index is 10.4. The Labute approximate surface area is 363 Å². The van der Waals surface area contributed by atoms with E-state index in [-0.39, 0.29) is 35.8 Å². The van der Waals surface area contributed by atoms with Crippen molar-refractivity contribution in [3.05, 3.63) is 205 Å². The Morgan fingerprint density at radius 1 is 0.306 bits per heavy atom. The van der Waals surface area contributed by atoms with E-state index in [0.717, 1.165) is 43.1 Å². The van der Waals surface area contributed by atoms with Gasteiger partial charge in [-0.1, -0.05) is 191 Å². The number of fused-ring (bicyclic) bond motifs is 7. The number of phenols is 4. The topological polar surface area (TPSA) is 80.9 Å². The van der Waals surface area contributed by atoms with E-state index >= 15 is 0 Å². The zero-order valence-electron chi connectivity index (χ0n) is 34.2. The average Bonchev–Trinajstić information content (AvgIpc) is 3.60. The standard InChI is InChI=1S/2C20H14O2.C17H18.CH4/c2*21-17-11-9-13-5-1-3-7-15(13)19(17)20-16-8-4-2-6-14(16)10-12-18(20)22;1-3-17(4-2)15-11-7-5-9-13(15)14-10-6-8-12-16(14)17;/h2*1-12,21-22H;5-12H,3-4H2,1-2H3;1H4. The number of hydrogen-bond donors (Lipinski definition) is 4. The summed E-state index contributed by atoms with van der Waals surface area (Å²) in [5.41, 5.74) is 8.85. The van der Waals surface area contributed by atoms with Gasteiger partial charge in [0.1, 0.15) is 23.0 Å². The molecule has 0 amide bonds. The highest BCUT2D eigenvalue weighted by Gasteiger charge is 2.39. The Hall–Kier alpha value is -7.56. The Morgan fingerprint density at radius 3 is 0.823 bits per heavy atom. The first-order chi connectivity index (χ1) is 29.8. The summed E-state index contributed by atoms with van der Waals surface area (Å²) >= 11 is 0. The Kier molecular flexibility index (Phi) is 11.4. The van der Waals surface area contributed by atoms with Crippen LogP contribution in [0.1, 0.15) is 45.2 Å². The second-order valence-corrected chi connectivity index (χ2v) is 15.6. The van der Waals surface area contributed by atoms with Gasteiger partial charge in [-0.3, -0.25) is 0 Å². The van der Waals surface area contributed by atoms with Gasteiger partial charge in [-0.2, -0.15) is 0 Å². The molecule has 306 valence electrons. The Bertz CT molecular complexity index is 2850. The maximum atomic E-state index is 10.4. The summed E-state index contributed by atoms with van der Waals surface area (Å²) in [6.07, 6.45) is 2.36. The monoisotopic (exact) mass is 810 g/mol. The molecule has 10 aromatic carbocycles. The van der Waals surface area contributed by atoms with Crippen LogP contribution in [0.3, 0.4) is 0 Å². The van der Waals surface area contributed by atoms with Crippen molar-refractivity contribution in [2.75, 3.05) is 0 Å². The van der Waals surface area contributed by atoms with Crippen LogP contribution in [0.15, 0.2) is 194 Å². The summed E-state index contributed by atoms with van der Waals surface area (Å²) in [5.74, 6) is 0.686. The normalized spacial score (nSPS) is 12.1. The summed E-state index contributed by atoms with van der Waals surface area (Å²) in [4.78, 5) is 0. The van der Waals surface area contributed by atoms with Crippen LogP contribution in [-0.4, -0.2) is 20.4 Å². The molecule has 0 aromatic heterocycles. The van der Waals surface area contributed by atoms with E-state index in [4.69, 9.17) is 0 Å². The average molecular weight is 811 g/mol. The van der Waals surface area contributed by atoms with Crippen molar-refractivity contribution in [2.45, 2.75) is 39.5 Å². The predicted molar refractivity (Wildman–Crippen MR) is 260 cm³/mol. The molecular weight excluding hydrogens is 761 g/mol. The first-order valence-electron chi connectivity index (χ1n) is 20.9. The predicted octanol–water partition coefficient (Wildman–Crippen LogP) is 15.6. The molecule has 0 fully saturated rings. The molecule has 0 unspecified atom stereocenters. The van der Waals surface area contributed by atoms with E-state index in [0.29, 0.717) is 22.3 Å². The largest absolute Gasteiger partial charge is 0.507 e. The van der Waals surface area contributed by atoms with Gasteiger partial charge in [0, 0.05) is 27.7 Å². The summed E-state index contributed by atoms with van der Waals surface area (Å²) in [6.45, 7) is 4.62. The molecular formula is C58H50O4. The lowest BCUT2D eigenvalue weighted by molar-refractivity contribution is 0.470. The van der Waals surface area contributed by atoms with Crippen molar-refractivity contribution in [3.63, 3.8) is 0 Å². The highest BCUT2D eigenvalue weighted by atomic mass is 16.3. The number of aromatic hydroxyl groups is 4. The minimum absolute atomic E-state index is 0. The molecule has 0 bridgehead atoms. The summed E-state index contributed by atoms with van der Waals surface area (Å²) < 4.78 is 0. The van der Waals surface area contributed by atoms with Gasteiger partial charge in [0.2, 0.25) is 0 Å². The number of rotatable bonds is 4. The zero-order valence-corrected chi connectivity index (χ0v) is 34.2. The Balaban J connectivity index is 0.000000128. The molecule has 1 aliphatic rings. The quantitative estimate of drug-likeness (QED) is 0.143. The smallest absolute Gasteiger partial charge is 0.124 e. The zero-order chi connectivity index (χ0) is 42.1. The van der Waals surface area contributed by atoms with E-state index in [1.165, 1.54) is 35.1 Å². The maximum Gasteiger partial charge on any atom is 0.124 e. The third-order valence-corrected chi connectivity index (χ3v) is 12.5. The molecule has 0 radical (unpaired) electrons. The van der Waals surface area contributed by atoms with Crippen LogP contribution in [0.5, 0.6) is 23.0 Å². The molecule has 4 heteroatoms. The van der Waals surface area contributed by atoms with Crippen LogP contribution in [0.4, 0.5) is 0 Å². The van der Waals surface area contributed by atoms with Crippen LogP contribution in [-0.2, 0) is 5.41 Å². The van der Waals surface area contributed by atoms with Gasteiger partial charge in [0.25, 0.3) is 0 Å². The first kappa shape index (κ1) is 41.2. The molecule has 0 spiro atoms. The van der Waals surface area contributed by atoms with Crippen molar-refractivity contribution in [1.82, 2.24) is 0 Å². The van der Waals surface area contributed by atoms with Crippen LogP contribution in [0.2, 0.25) is 0 Å². The minimum atomic E-state index is 0.